The first kappa shape index (κ1) is 91.5. The fourth-order valence-corrected chi connectivity index (χ4v) is 14.8. The van der Waals surface area contributed by atoms with Crippen LogP contribution in [0.3, 0.4) is 0 Å². The van der Waals surface area contributed by atoms with Crippen LogP contribution in [0.4, 0.5) is 4.39 Å². The number of sulfonamides is 1. The highest BCUT2D eigenvalue weighted by Gasteiger charge is 2.29. The molecule has 2 saturated carbocycles. The molecule has 0 atom stereocenters. The summed E-state index contributed by atoms with van der Waals surface area (Å²) in [6.07, 6.45) is 21.7. The van der Waals surface area contributed by atoms with Crippen molar-refractivity contribution >= 4 is 15.9 Å². The van der Waals surface area contributed by atoms with Gasteiger partial charge < -0.3 is 43.6 Å². The first-order valence-corrected chi connectivity index (χ1v) is 45.7. The van der Waals surface area contributed by atoms with E-state index >= 15 is 0 Å². The third-order valence-electron chi connectivity index (χ3n) is 21.6. The molecule has 0 bridgehead atoms. The maximum atomic E-state index is 14.9. The second-order valence-corrected chi connectivity index (χ2v) is 33.7. The van der Waals surface area contributed by atoms with Gasteiger partial charge in [0.25, 0.3) is 28.1 Å². The lowest BCUT2D eigenvalue weighted by Crippen LogP contribution is -2.34. The standard InChI is InChI=1S/C26H28N4O3.C24H23FN4O2.C24H26N6O2.C24H28N4O5S/c1-4-6-13-33-19-11-12-20(23(14-19)32-5-2)22-15-21(18-9-7-17(3)8-10-18)24(26(31)29-22)25-27-16-28-30-25;1-3-4-11-31-17-9-10-18(20(25)12-17)21-13-19(16-7-5-15(2)6-8-16)22(24(30)28-21)23-26-14-27-29-23;1-2-3-12-32-18-8-6-17(7-9-18)21-13-19(20-10-11-30(29-20)14-16-4-5-16)22(24(31)27-21)23-25-15-26-28-23;1-3-4-13-33-18-9-7-17(8-10-18)21-14-19(20-11-12-28(26-20)15-16-5-6-16)22(23(29)25-21)24(30)27-34(2,31)32/h7-12,14-16H,4-6,13H2,1-3H3,(H,29,31)(H,27,28,30);5-10,12-14H,3-4,11H2,1-2H3,(H,28,30)(H,26,27,29);6-11,13,15-16H,2-5,12,14H2,1H3,(H,27,31)(H,25,26,28);7-12,14,16H,3-6,13,15H2,1-2H3,(H,25,29)(H,27,30). The third kappa shape index (κ3) is 23.9. The Morgan fingerprint density at radius 3 is 1.20 bits per heavy atom. The first-order valence-electron chi connectivity index (χ1n) is 43.8. The normalized spacial score (nSPS) is 12.2. The molecule has 8 N–H and O–H groups in total. The van der Waals surface area contributed by atoms with Gasteiger partial charge in [-0.15, -0.1) is 0 Å². The van der Waals surface area contributed by atoms with Crippen LogP contribution < -0.4 is 50.6 Å². The molecular formula is C98H105FN18O12S. The molecule has 0 radical (unpaired) electrons. The molecule has 0 saturated heterocycles. The summed E-state index contributed by atoms with van der Waals surface area (Å²) in [5.74, 6) is 4.44. The van der Waals surface area contributed by atoms with Gasteiger partial charge in [0.1, 0.15) is 59.1 Å². The molecule has 0 spiro atoms. The van der Waals surface area contributed by atoms with E-state index in [2.05, 4.69) is 98.3 Å². The average molecular weight is 1780 g/mol. The van der Waals surface area contributed by atoms with Crippen LogP contribution in [-0.4, -0.2) is 139 Å². The lowest BCUT2D eigenvalue weighted by molar-refractivity contribution is 0.0980. The molecule has 32 heteroatoms. The molecule has 15 aromatic rings. The number of aryl methyl sites for hydroxylation is 2. The van der Waals surface area contributed by atoms with Crippen molar-refractivity contribution in [1.29, 1.82) is 0 Å². The summed E-state index contributed by atoms with van der Waals surface area (Å²) in [6.45, 7) is 19.1. The molecule has 0 aliphatic heterocycles. The Labute approximate surface area is 750 Å². The maximum Gasteiger partial charge on any atom is 0.271 e. The van der Waals surface area contributed by atoms with E-state index in [0.717, 1.165) is 151 Å². The van der Waals surface area contributed by atoms with Gasteiger partial charge in [0.05, 0.1) is 78.8 Å². The largest absolute Gasteiger partial charge is 0.494 e. The van der Waals surface area contributed by atoms with Crippen molar-refractivity contribution in [1.82, 2.24) is 89.8 Å². The number of nitrogens with zero attached hydrogens (tertiary/aromatic N) is 10. The highest BCUT2D eigenvalue weighted by Crippen LogP contribution is 2.40. The zero-order valence-corrected chi connectivity index (χ0v) is 74.6. The number of benzene rings is 6. The van der Waals surface area contributed by atoms with Crippen molar-refractivity contribution < 1.29 is 41.3 Å². The lowest BCUT2D eigenvalue weighted by Gasteiger charge is -2.15. The third-order valence-corrected chi connectivity index (χ3v) is 22.2. The number of halogens is 1. The monoisotopic (exact) mass is 1780 g/mol. The summed E-state index contributed by atoms with van der Waals surface area (Å²) in [4.78, 5) is 89.2. The van der Waals surface area contributed by atoms with Crippen LogP contribution in [-0.2, 0) is 23.1 Å². The summed E-state index contributed by atoms with van der Waals surface area (Å²) in [6, 6.07) is 52.2. The van der Waals surface area contributed by atoms with E-state index in [4.69, 9.17) is 28.8 Å². The number of H-pyrrole nitrogens is 7. The minimum atomic E-state index is -3.86. The predicted molar refractivity (Wildman–Crippen MR) is 499 cm³/mol. The zero-order valence-electron chi connectivity index (χ0n) is 73.8. The number of pyridine rings is 4. The van der Waals surface area contributed by atoms with E-state index in [0.29, 0.717) is 130 Å². The number of aromatic nitrogens is 17. The van der Waals surface area contributed by atoms with Crippen molar-refractivity contribution in [2.24, 2.45) is 11.8 Å². The Bertz CT molecular complexity index is 6680. The van der Waals surface area contributed by atoms with Crippen LogP contribution in [0.2, 0.25) is 0 Å². The number of carbonyl (C=O) groups is 1. The zero-order chi connectivity index (χ0) is 91.2. The summed E-state index contributed by atoms with van der Waals surface area (Å²) < 4.78 is 72.6. The first-order chi connectivity index (χ1) is 63.1. The molecule has 1 amide bonds. The van der Waals surface area contributed by atoms with Gasteiger partial charge in [-0.05, 0) is 215 Å². The van der Waals surface area contributed by atoms with Gasteiger partial charge in [-0.3, -0.25) is 48.6 Å². The van der Waals surface area contributed by atoms with Crippen molar-refractivity contribution in [3.05, 3.63) is 265 Å². The number of nitrogens with one attached hydrogen (secondary N) is 8. The molecule has 2 aliphatic carbocycles. The number of rotatable bonds is 35. The SMILES string of the molecule is CCCCOc1ccc(-c2cc(-c3ccc(C)cc3)c(-c3ncn[nH]3)c(=O)[nH]2)c(F)c1.CCCCOc1ccc(-c2cc(-c3ccc(C)cc3)c(-c3ncn[nH]3)c(=O)[nH]2)c(OCC)c1.CCCCOc1ccc(-c2cc(-c3ccn(CC4CC4)n3)c(-c3ncn[nH]3)c(=O)[nH]2)cc1.CCCCOc1ccc(-c2cc(-c3ccn(CC4CC4)n3)c(C(=O)NS(C)(=O)=O)c(=O)[nH]2)cc1. The van der Waals surface area contributed by atoms with Crippen LogP contribution >= 0.6 is 0 Å². The number of aromatic amines is 7. The molecule has 30 nitrogen and oxygen atoms in total. The van der Waals surface area contributed by atoms with E-state index < -0.39 is 27.3 Å². The molecule has 130 heavy (non-hydrogen) atoms. The van der Waals surface area contributed by atoms with Gasteiger partial charge in [-0.2, -0.15) is 25.5 Å². The van der Waals surface area contributed by atoms with Gasteiger partial charge in [-0.1, -0.05) is 113 Å². The van der Waals surface area contributed by atoms with Gasteiger partial charge in [0.15, 0.2) is 17.5 Å². The fourth-order valence-electron chi connectivity index (χ4n) is 14.3. The van der Waals surface area contributed by atoms with E-state index in [1.165, 1.54) is 37.9 Å². The Balaban J connectivity index is 0.000000140. The van der Waals surface area contributed by atoms with Crippen molar-refractivity contribution in [3.63, 3.8) is 0 Å². The minimum absolute atomic E-state index is 0.241. The number of hydrogen-bond donors (Lipinski definition) is 8. The molecule has 9 heterocycles. The van der Waals surface area contributed by atoms with Gasteiger partial charge in [-0.25, -0.2) is 32.5 Å². The fraction of sp³-hybridized carbons (Fsp3) is 0.296. The van der Waals surface area contributed by atoms with E-state index in [-0.39, 0.29) is 33.4 Å². The molecule has 672 valence electrons. The highest BCUT2D eigenvalue weighted by molar-refractivity contribution is 7.89. The van der Waals surface area contributed by atoms with E-state index in [9.17, 15) is 36.8 Å². The smallest absolute Gasteiger partial charge is 0.271 e. The molecule has 0 unspecified atom stereocenters. The number of ether oxygens (including phenoxy) is 5. The van der Waals surface area contributed by atoms with Crippen LogP contribution in [0.1, 0.15) is 133 Å². The number of carbonyl (C=O) groups excluding carboxylic acids is 1. The van der Waals surface area contributed by atoms with Gasteiger partial charge >= 0.3 is 0 Å². The van der Waals surface area contributed by atoms with Crippen LogP contribution in [0.15, 0.2) is 220 Å². The minimum Gasteiger partial charge on any atom is -0.494 e. The number of hydrogen-bond acceptors (Lipinski definition) is 20. The quantitative estimate of drug-likeness (QED) is 0.0171. The topological polar surface area (TPSA) is 401 Å². The molecule has 2 fully saturated rings. The summed E-state index contributed by atoms with van der Waals surface area (Å²) in [5, 5.41) is 29.4. The van der Waals surface area contributed by atoms with E-state index in [1.54, 1.807) is 41.2 Å². The van der Waals surface area contributed by atoms with Crippen LogP contribution in [0, 0.1) is 31.5 Å². The molecule has 2 aliphatic rings. The Kier molecular flexibility index (Phi) is 30.4. The van der Waals surface area contributed by atoms with Crippen molar-refractivity contribution in [2.75, 3.05) is 39.3 Å². The van der Waals surface area contributed by atoms with Crippen LogP contribution in [0.5, 0.6) is 28.7 Å². The summed E-state index contributed by atoms with van der Waals surface area (Å²) >= 11 is 0. The molecule has 9 aromatic heterocycles. The summed E-state index contributed by atoms with van der Waals surface area (Å²) in [7, 11) is -3.86. The Morgan fingerprint density at radius 2 is 0.792 bits per heavy atom. The second-order valence-electron chi connectivity index (χ2n) is 32.0. The Hall–Kier alpha value is -14.7. The number of unbranched alkanes of at least 4 members (excludes halogenated alkanes) is 4. The van der Waals surface area contributed by atoms with E-state index in [1.807, 2.05) is 170 Å². The molecule has 6 aromatic carbocycles. The van der Waals surface area contributed by atoms with Crippen molar-refractivity contribution in [2.45, 2.75) is 139 Å². The average Bonchev–Trinajstić information content (AvgIpc) is 1.54. The van der Waals surface area contributed by atoms with Gasteiger partial charge in [0, 0.05) is 82.4 Å². The molecular weight excluding hydrogens is 1670 g/mol. The maximum absolute atomic E-state index is 14.9. The van der Waals surface area contributed by atoms with Gasteiger partial charge in [0.2, 0.25) is 10.0 Å². The van der Waals surface area contributed by atoms with Crippen molar-refractivity contribution in [3.8, 4) is 153 Å². The van der Waals surface area contributed by atoms with Crippen LogP contribution in [0.25, 0.3) is 124 Å². The lowest BCUT2D eigenvalue weighted by atomic mass is 9.97. The second kappa shape index (κ2) is 43.2. The Morgan fingerprint density at radius 1 is 0.423 bits per heavy atom. The summed E-state index contributed by atoms with van der Waals surface area (Å²) in [5.41, 5.74) is 11.8. The number of amides is 1. The predicted octanol–water partition coefficient (Wildman–Crippen LogP) is 18.0. The highest BCUT2D eigenvalue weighted by atomic mass is 32.2. The molecule has 17 rings (SSSR count).